The first kappa shape index (κ1) is 12.9. The molecule has 5 heteroatoms. The van der Waals surface area contributed by atoms with E-state index >= 15 is 0 Å². The van der Waals surface area contributed by atoms with Gasteiger partial charge in [-0.05, 0) is 5.56 Å². The normalized spacial score (nSPS) is 24.1. The van der Waals surface area contributed by atoms with Crippen LogP contribution in [0.4, 0.5) is 4.79 Å². The summed E-state index contributed by atoms with van der Waals surface area (Å²) in [7, 11) is 1.66. The number of primary amides is 1. The van der Waals surface area contributed by atoms with Gasteiger partial charge in [0.2, 0.25) is 0 Å². The lowest BCUT2D eigenvalue weighted by Crippen LogP contribution is -2.45. The van der Waals surface area contributed by atoms with Crippen molar-refractivity contribution in [1.82, 2.24) is 10.2 Å². The largest absolute Gasteiger partial charge is 0.378 e. The molecule has 0 spiro atoms. The molecular formula is C13H19N3O2. The van der Waals surface area contributed by atoms with Gasteiger partial charge in [-0.15, -0.1) is 0 Å². The van der Waals surface area contributed by atoms with Crippen LogP contribution in [0.2, 0.25) is 0 Å². The number of hydrogen-bond donors (Lipinski definition) is 2. The quantitative estimate of drug-likeness (QED) is 0.819. The number of nitrogens with two attached hydrogens (primary N) is 1. The van der Waals surface area contributed by atoms with E-state index in [1.807, 2.05) is 18.2 Å². The highest BCUT2D eigenvalue weighted by Gasteiger charge is 2.33. The van der Waals surface area contributed by atoms with Gasteiger partial charge < -0.3 is 15.8 Å². The van der Waals surface area contributed by atoms with Crippen LogP contribution in [0.25, 0.3) is 0 Å². The number of nitrogens with one attached hydrogen (secondary N) is 1. The molecular weight excluding hydrogens is 230 g/mol. The van der Waals surface area contributed by atoms with Crippen LogP contribution in [0.5, 0.6) is 0 Å². The Labute approximate surface area is 107 Å². The summed E-state index contributed by atoms with van der Waals surface area (Å²) >= 11 is 0. The molecule has 0 aliphatic carbocycles. The lowest BCUT2D eigenvalue weighted by Gasteiger charge is -2.16. The average Bonchev–Trinajstić information content (AvgIpc) is 2.71. The number of nitrogens with zero attached hydrogens (tertiary/aromatic N) is 1. The molecule has 1 heterocycles. The maximum absolute atomic E-state index is 10.9. The third kappa shape index (κ3) is 3.21. The number of benzene rings is 1. The summed E-state index contributed by atoms with van der Waals surface area (Å²) in [5.41, 5.74) is 6.42. The molecule has 1 aromatic carbocycles. The zero-order valence-electron chi connectivity index (χ0n) is 10.5. The molecule has 1 aliphatic heterocycles. The van der Waals surface area contributed by atoms with Crippen LogP contribution < -0.4 is 11.1 Å². The molecule has 2 amide bonds. The minimum atomic E-state index is -0.497. The van der Waals surface area contributed by atoms with E-state index in [4.69, 9.17) is 10.5 Å². The Morgan fingerprint density at radius 2 is 2.17 bits per heavy atom. The van der Waals surface area contributed by atoms with Crippen LogP contribution in [0.3, 0.4) is 0 Å². The van der Waals surface area contributed by atoms with Crippen molar-refractivity contribution in [2.75, 3.05) is 20.2 Å². The van der Waals surface area contributed by atoms with Gasteiger partial charge in [0.05, 0.1) is 12.1 Å². The molecule has 0 radical (unpaired) electrons. The Morgan fingerprint density at radius 1 is 1.44 bits per heavy atom. The number of urea groups is 1. The van der Waals surface area contributed by atoms with Crippen molar-refractivity contribution >= 4 is 6.03 Å². The molecule has 3 N–H and O–H groups in total. The molecule has 1 aromatic rings. The summed E-state index contributed by atoms with van der Waals surface area (Å²) in [6, 6.07) is 9.72. The van der Waals surface area contributed by atoms with Crippen LogP contribution in [0, 0.1) is 0 Å². The Kier molecular flexibility index (Phi) is 4.17. The first-order valence-corrected chi connectivity index (χ1v) is 6.04. The Bertz CT molecular complexity index is 396. The summed E-state index contributed by atoms with van der Waals surface area (Å²) in [6.07, 6.45) is 0.00112. The van der Waals surface area contributed by atoms with Crippen molar-refractivity contribution in [1.29, 1.82) is 0 Å². The summed E-state index contributed by atoms with van der Waals surface area (Å²) in [5.74, 6) is 0. The Balaban J connectivity index is 1.94. The van der Waals surface area contributed by atoms with Crippen molar-refractivity contribution in [3.63, 3.8) is 0 Å². The third-order valence-electron chi connectivity index (χ3n) is 3.22. The van der Waals surface area contributed by atoms with Crippen molar-refractivity contribution in [2.24, 2.45) is 5.73 Å². The molecule has 2 rings (SSSR count). The molecule has 98 valence electrons. The highest BCUT2D eigenvalue weighted by atomic mass is 16.5. The SMILES string of the molecule is CO[C@@H]1CN(Cc2ccccc2)C[C@@H]1NC(N)=O. The molecule has 0 saturated carbocycles. The number of ether oxygens (including phenoxy) is 1. The van der Waals surface area contributed by atoms with Gasteiger partial charge in [-0.2, -0.15) is 0 Å². The van der Waals surface area contributed by atoms with E-state index < -0.39 is 6.03 Å². The molecule has 0 unspecified atom stereocenters. The number of carbonyl (C=O) groups excluding carboxylic acids is 1. The topological polar surface area (TPSA) is 67.6 Å². The number of hydrogen-bond acceptors (Lipinski definition) is 3. The average molecular weight is 249 g/mol. The van der Waals surface area contributed by atoms with Gasteiger partial charge in [0, 0.05) is 26.7 Å². The summed E-state index contributed by atoms with van der Waals surface area (Å²) in [4.78, 5) is 13.2. The Morgan fingerprint density at radius 3 is 2.78 bits per heavy atom. The molecule has 5 nitrogen and oxygen atoms in total. The van der Waals surface area contributed by atoms with E-state index in [9.17, 15) is 4.79 Å². The molecule has 1 aliphatic rings. The van der Waals surface area contributed by atoms with Crippen LogP contribution in [0.15, 0.2) is 30.3 Å². The van der Waals surface area contributed by atoms with Crippen LogP contribution in [-0.4, -0.2) is 43.3 Å². The number of rotatable bonds is 4. The van der Waals surface area contributed by atoms with Crippen molar-refractivity contribution in [3.8, 4) is 0 Å². The van der Waals surface area contributed by atoms with Gasteiger partial charge in [-0.3, -0.25) is 4.90 Å². The van der Waals surface area contributed by atoms with Crippen LogP contribution in [-0.2, 0) is 11.3 Å². The monoisotopic (exact) mass is 249 g/mol. The van der Waals surface area contributed by atoms with E-state index in [1.165, 1.54) is 5.56 Å². The summed E-state index contributed by atoms with van der Waals surface area (Å²) in [5, 5.41) is 2.73. The van der Waals surface area contributed by atoms with E-state index in [0.717, 1.165) is 19.6 Å². The van der Waals surface area contributed by atoms with E-state index in [2.05, 4.69) is 22.3 Å². The standard InChI is InChI=1S/C13H19N3O2/c1-18-12-9-16(8-11(12)15-13(14)17)7-10-5-3-2-4-6-10/h2-6,11-12H,7-9H2,1H3,(H3,14,15,17)/t11-,12+/m0/s1. The maximum atomic E-state index is 10.9. The molecule has 1 fully saturated rings. The maximum Gasteiger partial charge on any atom is 0.312 e. The number of amides is 2. The molecule has 0 bridgehead atoms. The van der Waals surface area contributed by atoms with Crippen molar-refractivity contribution in [3.05, 3.63) is 35.9 Å². The van der Waals surface area contributed by atoms with Crippen LogP contribution >= 0.6 is 0 Å². The fourth-order valence-corrected chi connectivity index (χ4v) is 2.38. The molecule has 2 atom stereocenters. The fourth-order valence-electron chi connectivity index (χ4n) is 2.38. The predicted molar refractivity (Wildman–Crippen MR) is 69.0 cm³/mol. The Hall–Kier alpha value is -1.59. The smallest absolute Gasteiger partial charge is 0.312 e. The fraction of sp³-hybridized carbons (Fsp3) is 0.462. The van der Waals surface area contributed by atoms with Gasteiger partial charge >= 0.3 is 6.03 Å². The zero-order valence-corrected chi connectivity index (χ0v) is 10.5. The number of methoxy groups -OCH3 is 1. The van der Waals surface area contributed by atoms with Gasteiger partial charge in [-0.25, -0.2) is 4.79 Å². The van der Waals surface area contributed by atoms with Crippen LogP contribution in [0.1, 0.15) is 5.56 Å². The van der Waals surface area contributed by atoms with E-state index in [-0.39, 0.29) is 12.1 Å². The van der Waals surface area contributed by atoms with Crippen molar-refractivity contribution in [2.45, 2.75) is 18.7 Å². The number of likely N-dealkylation sites (tertiary alicyclic amines) is 1. The second-order valence-corrected chi connectivity index (χ2v) is 4.57. The lowest BCUT2D eigenvalue weighted by atomic mass is 10.2. The predicted octanol–water partition coefficient (Wildman–Crippen LogP) is 0.554. The summed E-state index contributed by atoms with van der Waals surface area (Å²) in [6.45, 7) is 2.42. The van der Waals surface area contributed by atoms with Gasteiger partial charge in [0.25, 0.3) is 0 Å². The van der Waals surface area contributed by atoms with E-state index in [1.54, 1.807) is 7.11 Å². The highest BCUT2D eigenvalue weighted by Crippen LogP contribution is 2.16. The molecule has 0 aromatic heterocycles. The second-order valence-electron chi connectivity index (χ2n) is 4.57. The minimum Gasteiger partial charge on any atom is -0.378 e. The van der Waals surface area contributed by atoms with Gasteiger partial charge in [0.1, 0.15) is 0 Å². The van der Waals surface area contributed by atoms with Crippen molar-refractivity contribution < 1.29 is 9.53 Å². The first-order valence-electron chi connectivity index (χ1n) is 6.04. The zero-order chi connectivity index (χ0) is 13.0. The lowest BCUT2D eigenvalue weighted by molar-refractivity contribution is 0.0915. The molecule has 1 saturated heterocycles. The second kappa shape index (κ2) is 5.84. The van der Waals surface area contributed by atoms with Gasteiger partial charge in [-0.1, -0.05) is 30.3 Å². The van der Waals surface area contributed by atoms with Gasteiger partial charge in [0.15, 0.2) is 0 Å². The molecule has 18 heavy (non-hydrogen) atoms. The summed E-state index contributed by atoms with van der Waals surface area (Å²) < 4.78 is 5.38. The third-order valence-corrected chi connectivity index (χ3v) is 3.22. The minimum absolute atomic E-state index is 0.00112. The first-order chi connectivity index (χ1) is 8.69. The highest BCUT2D eigenvalue weighted by molar-refractivity contribution is 5.72. The van der Waals surface area contributed by atoms with E-state index in [0.29, 0.717) is 0 Å². The number of carbonyl (C=O) groups is 1.